The largest absolute Gasteiger partial charge is 0.481 e. The fraction of sp³-hybridized carbons (Fsp3) is 0.250. The SMILES string of the molecule is Nc1nc2c(s1)C1(CCCC1)Oc1ccc(-c3ccccc3)cc1-2. The van der Waals surface area contributed by atoms with E-state index in [9.17, 15) is 0 Å². The molecule has 2 heterocycles. The molecule has 4 heteroatoms. The van der Waals surface area contributed by atoms with Gasteiger partial charge in [0.15, 0.2) is 5.13 Å². The van der Waals surface area contributed by atoms with Crippen LogP contribution in [0, 0.1) is 0 Å². The average molecular weight is 334 g/mol. The summed E-state index contributed by atoms with van der Waals surface area (Å²) in [5.41, 5.74) is 10.3. The van der Waals surface area contributed by atoms with Gasteiger partial charge in [-0.15, -0.1) is 0 Å². The summed E-state index contributed by atoms with van der Waals surface area (Å²) >= 11 is 1.59. The van der Waals surface area contributed by atoms with Crippen molar-refractivity contribution in [2.75, 3.05) is 5.73 Å². The van der Waals surface area contributed by atoms with Crippen LogP contribution in [0.15, 0.2) is 48.5 Å². The highest BCUT2D eigenvalue weighted by molar-refractivity contribution is 7.16. The van der Waals surface area contributed by atoms with E-state index in [1.807, 2.05) is 6.07 Å². The third-order valence-corrected chi connectivity index (χ3v) is 6.19. The Labute approximate surface area is 145 Å². The van der Waals surface area contributed by atoms with Crippen LogP contribution in [0.1, 0.15) is 30.6 Å². The number of nitrogen functional groups attached to an aromatic ring is 1. The molecule has 2 aromatic carbocycles. The van der Waals surface area contributed by atoms with Crippen LogP contribution in [0.2, 0.25) is 0 Å². The first kappa shape index (κ1) is 14.1. The highest BCUT2D eigenvalue weighted by atomic mass is 32.1. The Morgan fingerprint density at radius 2 is 1.79 bits per heavy atom. The molecule has 24 heavy (non-hydrogen) atoms. The predicted molar refractivity (Wildman–Crippen MR) is 98.2 cm³/mol. The first-order valence-electron chi connectivity index (χ1n) is 8.41. The van der Waals surface area contributed by atoms with Crippen molar-refractivity contribution in [3.05, 3.63) is 53.4 Å². The lowest BCUT2D eigenvalue weighted by atomic mass is 9.91. The smallest absolute Gasteiger partial charge is 0.180 e. The lowest BCUT2D eigenvalue weighted by molar-refractivity contribution is 0.0748. The van der Waals surface area contributed by atoms with Gasteiger partial charge < -0.3 is 10.5 Å². The second kappa shape index (κ2) is 5.08. The van der Waals surface area contributed by atoms with Crippen molar-refractivity contribution in [2.45, 2.75) is 31.3 Å². The molecule has 1 aliphatic heterocycles. The molecule has 0 bridgehead atoms. The molecular formula is C20H18N2OS. The number of fused-ring (bicyclic) bond motifs is 4. The maximum absolute atomic E-state index is 6.53. The van der Waals surface area contributed by atoms with Crippen molar-refractivity contribution < 1.29 is 4.74 Å². The van der Waals surface area contributed by atoms with Gasteiger partial charge in [0.25, 0.3) is 0 Å². The summed E-state index contributed by atoms with van der Waals surface area (Å²) in [5, 5.41) is 0.632. The van der Waals surface area contributed by atoms with Gasteiger partial charge in [-0.05, 0) is 48.9 Å². The number of thiazole rings is 1. The van der Waals surface area contributed by atoms with Crippen LogP contribution in [-0.2, 0) is 5.60 Å². The van der Waals surface area contributed by atoms with Crippen LogP contribution in [0.5, 0.6) is 5.75 Å². The van der Waals surface area contributed by atoms with Gasteiger partial charge >= 0.3 is 0 Å². The summed E-state index contributed by atoms with van der Waals surface area (Å²) in [7, 11) is 0. The molecule has 0 saturated heterocycles. The first-order valence-corrected chi connectivity index (χ1v) is 9.22. The van der Waals surface area contributed by atoms with Crippen LogP contribution in [0.3, 0.4) is 0 Å². The summed E-state index contributed by atoms with van der Waals surface area (Å²) in [5.74, 6) is 0.939. The van der Waals surface area contributed by atoms with Gasteiger partial charge in [-0.2, -0.15) is 0 Å². The molecule has 2 aliphatic rings. The summed E-state index contributed by atoms with van der Waals surface area (Å²) in [6.45, 7) is 0. The monoisotopic (exact) mass is 334 g/mol. The lowest BCUT2D eigenvalue weighted by Crippen LogP contribution is -2.32. The van der Waals surface area contributed by atoms with Crippen LogP contribution in [0.25, 0.3) is 22.4 Å². The summed E-state index contributed by atoms with van der Waals surface area (Å²) in [6, 6.07) is 16.8. The minimum absolute atomic E-state index is 0.202. The minimum atomic E-state index is -0.202. The van der Waals surface area contributed by atoms with E-state index >= 15 is 0 Å². The summed E-state index contributed by atoms with van der Waals surface area (Å²) < 4.78 is 6.53. The van der Waals surface area contributed by atoms with Crippen LogP contribution >= 0.6 is 11.3 Å². The minimum Gasteiger partial charge on any atom is -0.481 e. The van der Waals surface area contributed by atoms with Gasteiger partial charge in [-0.1, -0.05) is 47.7 Å². The first-order chi connectivity index (χ1) is 11.8. The zero-order valence-electron chi connectivity index (χ0n) is 13.3. The molecule has 0 radical (unpaired) electrons. The Hall–Kier alpha value is -2.33. The van der Waals surface area contributed by atoms with E-state index in [-0.39, 0.29) is 5.60 Å². The van der Waals surface area contributed by atoms with Gasteiger partial charge in [0.2, 0.25) is 0 Å². The molecule has 3 nitrogen and oxygen atoms in total. The molecule has 2 N–H and O–H groups in total. The molecule has 0 unspecified atom stereocenters. The maximum Gasteiger partial charge on any atom is 0.180 e. The number of nitrogens with two attached hydrogens (primary N) is 1. The van der Waals surface area contributed by atoms with Gasteiger partial charge in [0.05, 0.1) is 10.6 Å². The number of hydrogen-bond acceptors (Lipinski definition) is 4. The molecule has 1 saturated carbocycles. The van der Waals surface area contributed by atoms with Crippen LogP contribution < -0.4 is 10.5 Å². The van der Waals surface area contributed by atoms with Crippen molar-refractivity contribution >= 4 is 16.5 Å². The molecule has 1 aliphatic carbocycles. The highest BCUT2D eigenvalue weighted by Crippen LogP contribution is 2.54. The van der Waals surface area contributed by atoms with E-state index in [4.69, 9.17) is 10.5 Å². The van der Waals surface area contributed by atoms with Gasteiger partial charge in [-0.3, -0.25) is 0 Å². The predicted octanol–water partition coefficient (Wildman–Crippen LogP) is 5.22. The van der Waals surface area contributed by atoms with Gasteiger partial charge in [0.1, 0.15) is 11.4 Å². The molecule has 5 rings (SSSR count). The normalized spacial score (nSPS) is 17.3. The summed E-state index contributed by atoms with van der Waals surface area (Å²) in [4.78, 5) is 5.88. The third-order valence-electron chi connectivity index (χ3n) is 5.12. The Morgan fingerprint density at radius 3 is 2.58 bits per heavy atom. The summed E-state index contributed by atoms with van der Waals surface area (Å²) in [6.07, 6.45) is 4.52. The average Bonchev–Trinajstić information content (AvgIpc) is 3.23. The fourth-order valence-electron chi connectivity index (χ4n) is 3.97. The van der Waals surface area contributed by atoms with Crippen molar-refractivity contribution in [1.29, 1.82) is 0 Å². The fourth-order valence-corrected chi connectivity index (χ4v) is 5.00. The van der Waals surface area contributed by atoms with Gasteiger partial charge in [0, 0.05) is 5.56 Å². The van der Waals surface area contributed by atoms with Crippen LogP contribution in [-0.4, -0.2) is 4.98 Å². The van der Waals surface area contributed by atoms with Gasteiger partial charge in [-0.25, -0.2) is 4.98 Å². The molecule has 3 aromatic rings. The topological polar surface area (TPSA) is 48.1 Å². The lowest BCUT2D eigenvalue weighted by Gasteiger charge is -2.34. The Bertz CT molecular complexity index is 911. The van der Waals surface area contributed by atoms with E-state index in [0.717, 1.165) is 29.8 Å². The molecule has 0 amide bonds. The van der Waals surface area contributed by atoms with Crippen molar-refractivity contribution in [3.63, 3.8) is 0 Å². The Kier molecular flexibility index (Phi) is 2.98. The number of hydrogen-bond donors (Lipinski definition) is 1. The van der Waals surface area contributed by atoms with Crippen molar-refractivity contribution in [3.8, 4) is 28.1 Å². The van der Waals surface area contributed by atoms with E-state index < -0.39 is 0 Å². The number of ether oxygens (including phenoxy) is 1. The number of rotatable bonds is 1. The standard InChI is InChI=1S/C20H18N2OS/c21-19-22-17-15-12-14(13-6-2-1-3-7-13)8-9-16(15)23-20(18(17)24-19)10-4-5-11-20/h1-3,6-9,12H,4-5,10-11H2,(H2,21,22). The zero-order chi connectivity index (χ0) is 16.1. The Morgan fingerprint density at radius 1 is 1.00 bits per heavy atom. The molecule has 120 valence electrons. The van der Waals surface area contributed by atoms with E-state index in [2.05, 4.69) is 47.4 Å². The zero-order valence-corrected chi connectivity index (χ0v) is 14.1. The number of aromatic nitrogens is 1. The second-order valence-electron chi connectivity index (χ2n) is 6.61. The molecular weight excluding hydrogens is 316 g/mol. The van der Waals surface area contributed by atoms with Crippen molar-refractivity contribution in [2.24, 2.45) is 0 Å². The highest BCUT2D eigenvalue weighted by Gasteiger charge is 2.45. The number of benzene rings is 2. The molecule has 1 fully saturated rings. The quantitative estimate of drug-likeness (QED) is 0.663. The number of nitrogens with zero attached hydrogens (tertiary/aromatic N) is 1. The van der Waals surface area contributed by atoms with E-state index in [1.165, 1.54) is 28.8 Å². The maximum atomic E-state index is 6.53. The number of anilines is 1. The van der Waals surface area contributed by atoms with Crippen molar-refractivity contribution in [1.82, 2.24) is 4.98 Å². The Balaban J connectivity index is 1.69. The second-order valence-corrected chi connectivity index (χ2v) is 7.64. The molecule has 0 atom stereocenters. The van der Waals surface area contributed by atoms with E-state index in [1.54, 1.807) is 11.3 Å². The molecule has 1 spiro atoms. The van der Waals surface area contributed by atoms with E-state index in [0.29, 0.717) is 5.13 Å². The van der Waals surface area contributed by atoms with Crippen LogP contribution in [0.4, 0.5) is 5.13 Å². The third kappa shape index (κ3) is 1.99. The molecule has 1 aromatic heterocycles.